The Bertz CT molecular complexity index is 4470. The molecule has 13 rings (SSSR count). The van der Waals surface area contributed by atoms with E-state index in [4.69, 9.17) is 0 Å². The first kappa shape index (κ1) is 50.5. The smallest absolute Gasteiger partial charge is 0.0540 e. The average molecular weight is 1030 g/mol. The molecule has 0 saturated carbocycles. The van der Waals surface area contributed by atoms with E-state index in [1.165, 1.54) is 104 Å². The summed E-state index contributed by atoms with van der Waals surface area (Å²) in [6.07, 6.45) is 0. The summed E-state index contributed by atoms with van der Waals surface area (Å²) in [6, 6.07) is 94.1. The molecule has 0 fully saturated rings. The molecule has 0 atom stereocenters. The first-order valence-corrected chi connectivity index (χ1v) is 28.4. The number of para-hydroxylation sites is 2. The minimum Gasteiger partial charge on any atom is -0.309 e. The maximum absolute atomic E-state index is 2.57. The van der Waals surface area contributed by atoms with Crippen molar-refractivity contribution >= 4 is 86.7 Å². The number of hydrogen-bond donors (Lipinski definition) is 0. The van der Waals surface area contributed by atoms with Gasteiger partial charge in [-0.1, -0.05) is 256 Å². The Balaban J connectivity index is 1.23. The van der Waals surface area contributed by atoms with Crippen molar-refractivity contribution in [3.05, 3.63) is 265 Å². The average Bonchev–Trinajstić information content (AvgIpc) is 3.60. The van der Waals surface area contributed by atoms with E-state index < -0.39 is 0 Å². The van der Waals surface area contributed by atoms with E-state index in [1.807, 2.05) is 0 Å². The zero-order valence-electron chi connectivity index (χ0n) is 47.6. The number of aromatic nitrogens is 2. The van der Waals surface area contributed by atoms with Crippen molar-refractivity contribution in [2.75, 3.05) is 0 Å². The maximum atomic E-state index is 2.57. The molecule has 80 heavy (non-hydrogen) atoms. The number of benzene rings is 11. The number of nitrogens with zero attached hydrogens (tertiary/aromatic N) is 2. The minimum absolute atomic E-state index is 0.00387. The molecule has 0 unspecified atom stereocenters. The molecule has 0 bridgehead atoms. The lowest BCUT2D eigenvalue weighted by atomic mass is 9.85. The molecule has 2 heteroatoms. The maximum Gasteiger partial charge on any atom is 0.0540 e. The fourth-order valence-electron chi connectivity index (χ4n) is 12.3. The van der Waals surface area contributed by atoms with Gasteiger partial charge in [0.1, 0.15) is 0 Å². The van der Waals surface area contributed by atoms with Gasteiger partial charge in [0.2, 0.25) is 0 Å². The van der Waals surface area contributed by atoms with Crippen molar-refractivity contribution in [3.8, 4) is 33.6 Å². The molecule has 0 amide bonds. The van der Waals surface area contributed by atoms with Crippen LogP contribution in [0.25, 0.3) is 120 Å². The lowest BCUT2D eigenvalue weighted by Crippen LogP contribution is -2.13. The Kier molecular flexibility index (Phi) is 12.3. The molecular weight excluding hydrogens is 965 g/mol. The Labute approximate surface area is 470 Å². The van der Waals surface area contributed by atoms with E-state index in [-0.39, 0.29) is 16.2 Å². The zero-order valence-corrected chi connectivity index (χ0v) is 47.6. The molecule has 0 spiro atoms. The summed E-state index contributed by atoms with van der Waals surface area (Å²) in [7, 11) is 0. The second-order valence-electron chi connectivity index (χ2n) is 25.0. The van der Waals surface area contributed by atoms with Crippen molar-refractivity contribution in [1.29, 1.82) is 0 Å². The van der Waals surface area contributed by atoms with Crippen molar-refractivity contribution < 1.29 is 0 Å². The summed E-state index contributed by atoms with van der Waals surface area (Å²) < 4.78 is 5.13. The van der Waals surface area contributed by atoms with Crippen molar-refractivity contribution in [3.63, 3.8) is 0 Å². The molecule has 0 radical (unpaired) electrons. The van der Waals surface area contributed by atoms with E-state index in [0.717, 1.165) is 33.4 Å². The van der Waals surface area contributed by atoms with Crippen LogP contribution in [0, 0.1) is 0 Å². The van der Waals surface area contributed by atoms with Gasteiger partial charge in [-0.3, -0.25) is 0 Å². The van der Waals surface area contributed by atoms with E-state index in [0.29, 0.717) is 0 Å². The standard InChI is InChI=1S/C78H68N2/c1-76(2,3)55-26-22-24-51(44-55)53-40-42-74-70(46-53)66-34-16-12-30-62(66)60-28-10-14-32-64(60)68-36-18-20-38-72(68)79(74)58-48-57(78(7,8)9)49-59(50-58)80-73-39-21-19-37-69(73)65-33-15-11-29-61(65)63-31-13-17-35-67(63)71-47-54(41-43-75(71)80)52-25-23-27-56(45-52)77(4,5)6/h10-50H,1-9H3. The van der Waals surface area contributed by atoms with Crippen LogP contribution in [-0.2, 0) is 16.2 Å². The molecule has 0 aliphatic carbocycles. The minimum atomic E-state index is -0.239. The van der Waals surface area contributed by atoms with Crippen LogP contribution in [0.2, 0.25) is 0 Å². The Morgan fingerprint density at radius 2 is 0.475 bits per heavy atom. The molecule has 2 heterocycles. The second kappa shape index (κ2) is 19.4. The van der Waals surface area contributed by atoms with Gasteiger partial charge in [0.15, 0.2) is 0 Å². The zero-order chi connectivity index (χ0) is 55.1. The topological polar surface area (TPSA) is 9.86 Å². The van der Waals surface area contributed by atoms with Crippen LogP contribution in [0.4, 0.5) is 0 Å². The number of hydrogen-bond acceptors (Lipinski definition) is 0. The highest BCUT2D eigenvalue weighted by Gasteiger charge is 2.22. The molecule has 2 nitrogen and oxygen atoms in total. The van der Waals surface area contributed by atoms with Crippen molar-refractivity contribution in [1.82, 2.24) is 9.13 Å². The SMILES string of the molecule is CC(C)(C)c1cccc(-c2ccc3c(c2)c2ccccc2c2ccccc2c2ccccc2n3-c2cc(-n3c4ccccc4c4ccccc4c4ccccc4c4cc(-c5cccc(C(C)(C)C)c5)ccc43)cc(C(C)(C)C)c2)c1. The van der Waals surface area contributed by atoms with Gasteiger partial charge in [-0.15, -0.1) is 0 Å². The van der Waals surface area contributed by atoms with Crippen LogP contribution in [0.5, 0.6) is 0 Å². The third kappa shape index (κ3) is 8.94. The largest absolute Gasteiger partial charge is 0.309 e. The second-order valence-corrected chi connectivity index (χ2v) is 25.0. The first-order chi connectivity index (χ1) is 38.6. The molecule has 13 aromatic rings. The van der Waals surface area contributed by atoms with Gasteiger partial charge < -0.3 is 9.13 Å². The van der Waals surface area contributed by atoms with Crippen molar-refractivity contribution in [2.24, 2.45) is 0 Å². The fraction of sp³-hybridized carbons (Fsp3) is 0.154. The molecule has 390 valence electrons. The quantitative estimate of drug-likeness (QED) is 0.166. The summed E-state index contributed by atoms with van der Waals surface area (Å²) in [5.41, 5.74) is 15.0. The van der Waals surface area contributed by atoms with E-state index in [1.54, 1.807) is 0 Å². The summed E-state index contributed by atoms with van der Waals surface area (Å²) in [4.78, 5) is 0. The van der Waals surface area contributed by atoms with Gasteiger partial charge in [-0.05, 0) is 153 Å². The Morgan fingerprint density at radius 1 is 0.200 bits per heavy atom. The Hall–Kier alpha value is -8.98. The van der Waals surface area contributed by atoms with Crippen LogP contribution < -0.4 is 0 Å². The van der Waals surface area contributed by atoms with Crippen LogP contribution in [-0.4, -0.2) is 9.13 Å². The van der Waals surface area contributed by atoms with E-state index >= 15 is 0 Å². The third-order valence-corrected chi connectivity index (χ3v) is 16.6. The van der Waals surface area contributed by atoms with Gasteiger partial charge in [0.05, 0.1) is 22.1 Å². The van der Waals surface area contributed by atoms with Gasteiger partial charge in [-0.25, -0.2) is 0 Å². The van der Waals surface area contributed by atoms with Gasteiger partial charge in [0.25, 0.3) is 0 Å². The summed E-state index contributed by atoms with van der Waals surface area (Å²) in [5, 5.41) is 14.3. The lowest BCUT2D eigenvalue weighted by molar-refractivity contribution is 0.589. The predicted octanol–water partition coefficient (Wildman–Crippen LogP) is 22.0. The third-order valence-electron chi connectivity index (χ3n) is 16.6. The van der Waals surface area contributed by atoms with Gasteiger partial charge in [-0.2, -0.15) is 0 Å². The molecule has 0 N–H and O–H groups in total. The summed E-state index contributed by atoms with van der Waals surface area (Å²) in [5.74, 6) is 0. The van der Waals surface area contributed by atoms with E-state index in [2.05, 4.69) is 320 Å². The molecule has 0 saturated heterocycles. The summed E-state index contributed by atoms with van der Waals surface area (Å²) in [6.45, 7) is 20.9. The highest BCUT2D eigenvalue weighted by Crippen LogP contribution is 2.41. The molecule has 11 aromatic carbocycles. The molecule has 2 aromatic heterocycles. The normalized spacial score (nSPS) is 12.3. The summed E-state index contributed by atoms with van der Waals surface area (Å²) >= 11 is 0. The van der Waals surface area contributed by atoms with Gasteiger partial charge in [0, 0.05) is 32.9 Å². The van der Waals surface area contributed by atoms with Crippen molar-refractivity contribution in [2.45, 2.75) is 78.6 Å². The van der Waals surface area contributed by atoms with Gasteiger partial charge >= 0.3 is 0 Å². The highest BCUT2D eigenvalue weighted by atomic mass is 15.0. The number of fused-ring (bicyclic) bond motifs is 14. The van der Waals surface area contributed by atoms with E-state index in [9.17, 15) is 0 Å². The predicted molar refractivity (Wildman–Crippen MR) is 347 cm³/mol. The van der Waals surface area contributed by atoms with Crippen LogP contribution in [0.3, 0.4) is 0 Å². The monoisotopic (exact) mass is 1030 g/mol. The molecular formula is C78H68N2. The van der Waals surface area contributed by atoms with Crippen LogP contribution in [0.15, 0.2) is 249 Å². The van der Waals surface area contributed by atoms with Crippen LogP contribution >= 0.6 is 0 Å². The first-order valence-electron chi connectivity index (χ1n) is 28.4. The molecule has 0 aliphatic rings. The highest BCUT2D eigenvalue weighted by molar-refractivity contribution is 6.21. The molecule has 0 aliphatic heterocycles. The van der Waals surface area contributed by atoms with Crippen LogP contribution in [0.1, 0.15) is 79.0 Å². The lowest BCUT2D eigenvalue weighted by Gasteiger charge is -2.25. The number of rotatable bonds is 4. The fourth-order valence-corrected chi connectivity index (χ4v) is 12.3. The Morgan fingerprint density at radius 3 is 0.812 bits per heavy atom.